The van der Waals surface area contributed by atoms with Crippen LogP contribution >= 0.6 is 0 Å². The van der Waals surface area contributed by atoms with Gasteiger partial charge in [-0.25, -0.2) is 0 Å². The molecule has 0 saturated heterocycles. The van der Waals surface area contributed by atoms with Crippen LogP contribution in [0.2, 0.25) is 0 Å². The molecule has 0 aliphatic heterocycles. The van der Waals surface area contributed by atoms with Gasteiger partial charge in [-0.3, -0.25) is 4.79 Å². The number of carbonyl (C=O) groups is 1. The summed E-state index contributed by atoms with van der Waals surface area (Å²) in [5.74, 6) is 0.167. The molecular weight excluding hydrogens is 354 g/mol. The van der Waals surface area contributed by atoms with Gasteiger partial charge in [-0.15, -0.1) is 0 Å². The van der Waals surface area contributed by atoms with Crippen molar-refractivity contribution < 1.29 is 4.79 Å². The highest BCUT2D eigenvalue weighted by atomic mass is 16.1. The van der Waals surface area contributed by atoms with E-state index in [0.29, 0.717) is 6.42 Å². The summed E-state index contributed by atoms with van der Waals surface area (Å²) in [6, 6.07) is 0. The van der Waals surface area contributed by atoms with Crippen LogP contribution < -0.4 is 5.32 Å². The SMILES string of the molecule is CC/C=C\C/C=C\C/C=C\C/C=C\C/C=C\C/C=C\CCC(=O)NCCCCC. The van der Waals surface area contributed by atoms with Crippen molar-refractivity contribution in [3.8, 4) is 0 Å². The van der Waals surface area contributed by atoms with Crippen molar-refractivity contribution >= 4 is 5.91 Å². The molecule has 0 fully saturated rings. The molecule has 0 saturated carbocycles. The third-order valence-corrected chi connectivity index (χ3v) is 4.24. The van der Waals surface area contributed by atoms with E-state index in [1.165, 1.54) is 12.8 Å². The standard InChI is InChI=1S/C27H43NO/c1-3-5-7-8-9-10-11-12-13-14-15-16-17-18-19-20-21-22-23-25-27(29)28-26-24-6-4-2/h5,7,9-10,12-13,15-16,18-19,21-22H,3-4,6,8,11,14,17,20,23-26H2,1-2H3,(H,28,29)/b7-5-,10-9-,13-12-,16-15-,19-18-,22-21-. The summed E-state index contributed by atoms with van der Waals surface area (Å²) in [7, 11) is 0. The lowest BCUT2D eigenvalue weighted by molar-refractivity contribution is -0.121. The summed E-state index contributed by atoms with van der Waals surface area (Å²) >= 11 is 0. The van der Waals surface area contributed by atoms with Gasteiger partial charge in [0.15, 0.2) is 0 Å². The quantitative estimate of drug-likeness (QED) is 0.186. The molecular formula is C27H43NO. The number of rotatable bonds is 18. The zero-order valence-corrected chi connectivity index (χ0v) is 18.8. The summed E-state index contributed by atoms with van der Waals surface area (Å²) in [4.78, 5) is 11.6. The highest BCUT2D eigenvalue weighted by Crippen LogP contribution is 1.98. The first-order chi connectivity index (χ1) is 14.3. The minimum atomic E-state index is 0.167. The molecule has 1 amide bonds. The Morgan fingerprint density at radius 2 is 1.07 bits per heavy atom. The van der Waals surface area contributed by atoms with E-state index in [4.69, 9.17) is 0 Å². The number of unbranched alkanes of at least 4 members (excludes halogenated alkanes) is 2. The van der Waals surface area contributed by atoms with Crippen LogP contribution in [0.5, 0.6) is 0 Å². The summed E-state index contributed by atoms with van der Waals surface area (Å²) in [6.45, 7) is 5.14. The Morgan fingerprint density at radius 3 is 1.52 bits per heavy atom. The number of hydrogen-bond acceptors (Lipinski definition) is 1. The van der Waals surface area contributed by atoms with Gasteiger partial charge in [0.1, 0.15) is 0 Å². The van der Waals surface area contributed by atoms with Crippen LogP contribution in [0.15, 0.2) is 72.9 Å². The molecule has 29 heavy (non-hydrogen) atoms. The fourth-order valence-corrected chi connectivity index (χ4v) is 2.55. The van der Waals surface area contributed by atoms with Gasteiger partial charge in [-0.1, -0.05) is 99.6 Å². The molecule has 0 heterocycles. The Bertz CT molecular complexity index is 535. The predicted molar refractivity (Wildman–Crippen MR) is 130 cm³/mol. The Kier molecular flexibility index (Phi) is 22.2. The zero-order chi connectivity index (χ0) is 21.3. The van der Waals surface area contributed by atoms with Gasteiger partial charge in [0.05, 0.1) is 0 Å². The molecule has 2 heteroatoms. The maximum absolute atomic E-state index is 11.6. The monoisotopic (exact) mass is 397 g/mol. The number of carbonyl (C=O) groups excluding carboxylic acids is 1. The molecule has 0 aliphatic rings. The van der Waals surface area contributed by atoms with Gasteiger partial charge in [-0.2, -0.15) is 0 Å². The Hall–Kier alpha value is -2.09. The van der Waals surface area contributed by atoms with Crippen molar-refractivity contribution in [3.63, 3.8) is 0 Å². The average Bonchev–Trinajstić information content (AvgIpc) is 2.73. The second-order valence-electron chi connectivity index (χ2n) is 7.01. The van der Waals surface area contributed by atoms with Crippen LogP contribution in [-0.2, 0) is 4.79 Å². The van der Waals surface area contributed by atoms with Gasteiger partial charge >= 0.3 is 0 Å². The lowest BCUT2D eigenvalue weighted by Crippen LogP contribution is -2.23. The molecule has 0 bridgehead atoms. The minimum absolute atomic E-state index is 0.167. The average molecular weight is 398 g/mol. The van der Waals surface area contributed by atoms with E-state index in [1.54, 1.807) is 0 Å². The number of nitrogens with one attached hydrogen (secondary N) is 1. The Labute approximate surface area is 180 Å². The van der Waals surface area contributed by atoms with Gasteiger partial charge in [0.25, 0.3) is 0 Å². The van der Waals surface area contributed by atoms with Crippen molar-refractivity contribution in [1.29, 1.82) is 0 Å². The van der Waals surface area contributed by atoms with Crippen LogP contribution in [0, 0.1) is 0 Å². The lowest BCUT2D eigenvalue weighted by atomic mass is 10.2. The molecule has 0 aromatic rings. The normalized spacial score (nSPS) is 12.8. The summed E-state index contributed by atoms with van der Waals surface area (Å²) in [5, 5.41) is 2.97. The van der Waals surface area contributed by atoms with Gasteiger partial charge in [0.2, 0.25) is 5.91 Å². The molecule has 2 nitrogen and oxygen atoms in total. The molecule has 0 aromatic heterocycles. The topological polar surface area (TPSA) is 29.1 Å². The first kappa shape index (κ1) is 26.9. The van der Waals surface area contributed by atoms with Crippen LogP contribution in [0.1, 0.15) is 84.5 Å². The first-order valence-electron chi connectivity index (χ1n) is 11.5. The van der Waals surface area contributed by atoms with E-state index in [1.807, 2.05) is 0 Å². The molecule has 0 aromatic carbocycles. The molecule has 0 aliphatic carbocycles. The maximum atomic E-state index is 11.6. The van der Waals surface area contributed by atoms with Crippen LogP contribution in [-0.4, -0.2) is 12.5 Å². The van der Waals surface area contributed by atoms with E-state index >= 15 is 0 Å². The Morgan fingerprint density at radius 1 is 0.621 bits per heavy atom. The number of hydrogen-bond donors (Lipinski definition) is 1. The molecule has 162 valence electrons. The van der Waals surface area contributed by atoms with Crippen LogP contribution in [0.3, 0.4) is 0 Å². The fourth-order valence-electron chi connectivity index (χ4n) is 2.55. The lowest BCUT2D eigenvalue weighted by Gasteiger charge is -2.02. The second-order valence-corrected chi connectivity index (χ2v) is 7.01. The van der Waals surface area contributed by atoms with Crippen LogP contribution in [0.4, 0.5) is 0 Å². The minimum Gasteiger partial charge on any atom is -0.356 e. The highest BCUT2D eigenvalue weighted by molar-refractivity contribution is 5.75. The predicted octanol–water partition coefficient (Wildman–Crippen LogP) is 7.77. The smallest absolute Gasteiger partial charge is 0.220 e. The van der Waals surface area contributed by atoms with Crippen LogP contribution in [0.25, 0.3) is 0 Å². The zero-order valence-electron chi connectivity index (χ0n) is 18.8. The van der Waals surface area contributed by atoms with E-state index in [9.17, 15) is 4.79 Å². The first-order valence-corrected chi connectivity index (χ1v) is 11.5. The molecule has 1 N–H and O–H groups in total. The third-order valence-electron chi connectivity index (χ3n) is 4.24. The fraction of sp³-hybridized carbons (Fsp3) is 0.519. The van der Waals surface area contributed by atoms with Crippen molar-refractivity contribution in [3.05, 3.63) is 72.9 Å². The van der Waals surface area contributed by atoms with E-state index in [2.05, 4.69) is 92.1 Å². The largest absolute Gasteiger partial charge is 0.356 e. The summed E-state index contributed by atoms with van der Waals surface area (Å²) in [6.07, 6.45) is 37.3. The molecule has 0 unspecified atom stereocenters. The van der Waals surface area contributed by atoms with E-state index < -0.39 is 0 Å². The van der Waals surface area contributed by atoms with Crippen molar-refractivity contribution in [2.75, 3.05) is 6.54 Å². The van der Waals surface area contributed by atoms with Crippen molar-refractivity contribution in [2.45, 2.75) is 84.5 Å². The summed E-state index contributed by atoms with van der Waals surface area (Å²) < 4.78 is 0. The number of allylic oxidation sites excluding steroid dienone is 12. The Balaban J connectivity index is 3.54. The third kappa shape index (κ3) is 23.9. The molecule has 0 atom stereocenters. The molecule has 0 spiro atoms. The van der Waals surface area contributed by atoms with Crippen molar-refractivity contribution in [1.82, 2.24) is 5.32 Å². The molecule has 0 radical (unpaired) electrons. The van der Waals surface area contributed by atoms with E-state index in [-0.39, 0.29) is 5.91 Å². The van der Waals surface area contributed by atoms with Crippen molar-refractivity contribution in [2.24, 2.45) is 0 Å². The van der Waals surface area contributed by atoms with Gasteiger partial charge in [0, 0.05) is 13.0 Å². The summed E-state index contributed by atoms with van der Waals surface area (Å²) in [5.41, 5.74) is 0. The highest BCUT2D eigenvalue weighted by Gasteiger charge is 1.97. The second kappa shape index (κ2) is 23.9. The number of amides is 1. The maximum Gasteiger partial charge on any atom is 0.220 e. The van der Waals surface area contributed by atoms with Gasteiger partial charge in [-0.05, 0) is 51.4 Å². The van der Waals surface area contributed by atoms with Gasteiger partial charge < -0.3 is 5.32 Å². The molecule has 0 rings (SSSR count). The van der Waals surface area contributed by atoms with E-state index in [0.717, 1.165) is 57.9 Å².